The highest BCUT2D eigenvalue weighted by molar-refractivity contribution is 5.01. The maximum absolute atomic E-state index is 5.97. The number of morpholine rings is 1. The van der Waals surface area contributed by atoms with Gasteiger partial charge in [-0.05, 0) is 12.3 Å². The molecule has 0 aromatic heterocycles. The summed E-state index contributed by atoms with van der Waals surface area (Å²) >= 11 is 0. The first-order chi connectivity index (χ1) is 7.89. The minimum Gasteiger partial charge on any atom is -0.375 e. The smallest absolute Gasteiger partial charge is 0.130 e. The van der Waals surface area contributed by atoms with Crippen molar-refractivity contribution in [2.45, 2.75) is 50.2 Å². The third-order valence-corrected chi connectivity index (χ3v) is 4.50. The monoisotopic (exact) mass is 225 g/mol. The van der Waals surface area contributed by atoms with Crippen molar-refractivity contribution in [1.29, 1.82) is 0 Å². The Labute approximate surface area is 97.9 Å². The van der Waals surface area contributed by atoms with Crippen LogP contribution in [0.15, 0.2) is 0 Å². The van der Waals surface area contributed by atoms with E-state index in [9.17, 15) is 0 Å². The number of hydrogen-bond acceptors (Lipinski definition) is 3. The summed E-state index contributed by atoms with van der Waals surface area (Å²) in [7, 11) is 0. The number of hydrogen-bond donors (Lipinski definition) is 1. The minimum absolute atomic E-state index is 0.0374. The molecule has 3 aliphatic rings. The molecule has 3 rings (SSSR count). The molecule has 92 valence electrons. The van der Waals surface area contributed by atoms with Crippen molar-refractivity contribution in [3.05, 3.63) is 0 Å². The first-order valence-electron chi connectivity index (χ1n) is 6.84. The Bertz CT molecular complexity index is 234. The van der Waals surface area contributed by atoms with Gasteiger partial charge in [0.1, 0.15) is 5.60 Å². The van der Waals surface area contributed by atoms with Gasteiger partial charge in [-0.2, -0.15) is 0 Å². The van der Waals surface area contributed by atoms with Gasteiger partial charge in [0, 0.05) is 12.6 Å². The summed E-state index contributed by atoms with van der Waals surface area (Å²) in [5.74, 6) is 0.922. The van der Waals surface area contributed by atoms with Crippen molar-refractivity contribution >= 4 is 0 Å². The molecule has 1 aliphatic carbocycles. The van der Waals surface area contributed by atoms with Crippen LogP contribution in [0, 0.1) is 5.92 Å². The fraction of sp³-hybridized carbons (Fsp3) is 1.00. The van der Waals surface area contributed by atoms with E-state index in [1.54, 1.807) is 0 Å². The highest BCUT2D eigenvalue weighted by Gasteiger charge is 2.49. The highest BCUT2D eigenvalue weighted by Crippen LogP contribution is 2.35. The Morgan fingerprint density at radius 1 is 1.12 bits per heavy atom. The molecule has 2 heterocycles. The normalized spacial score (nSPS) is 34.9. The molecule has 0 bridgehead atoms. The molecule has 3 fully saturated rings. The minimum atomic E-state index is 0.0374. The molecule has 2 saturated heterocycles. The van der Waals surface area contributed by atoms with Gasteiger partial charge in [-0.25, -0.2) is 0 Å². The lowest BCUT2D eigenvalue weighted by molar-refractivity contribution is -0.239. The molecule has 0 radical (unpaired) electrons. The molecule has 0 aromatic carbocycles. The summed E-state index contributed by atoms with van der Waals surface area (Å²) in [6, 6.07) is 0.540. The largest absolute Gasteiger partial charge is 0.375 e. The van der Waals surface area contributed by atoms with Crippen molar-refractivity contribution in [2.75, 3.05) is 26.4 Å². The average Bonchev–Trinajstić information content (AvgIpc) is 2.29. The molecule has 2 aliphatic heterocycles. The maximum Gasteiger partial charge on any atom is 0.130 e. The molecular weight excluding hydrogens is 202 g/mol. The van der Waals surface area contributed by atoms with Crippen LogP contribution >= 0.6 is 0 Å². The Morgan fingerprint density at radius 2 is 1.94 bits per heavy atom. The van der Waals surface area contributed by atoms with Crippen molar-refractivity contribution in [3.8, 4) is 0 Å². The van der Waals surface area contributed by atoms with Gasteiger partial charge in [-0.1, -0.05) is 32.1 Å². The van der Waals surface area contributed by atoms with E-state index in [4.69, 9.17) is 9.47 Å². The zero-order chi connectivity index (χ0) is 10.8. The SMILES string of the molecule is C1CCC(CC2NCCOC23COC3)CC1. The maximum atomic E-state index is 5.97. The van der Waals surface area contributed by atoms with Gasteiger partial charge in [-0.15, -0.1) is 0 Å². The Hall–Kier alpha value is -0.120. The first kappa shape index (κ1) is 11.0. The van der Waals surface area contributed by atoms with Gasteiger partial charge in [0.15, 0.2) is 0 Å². The van der Waals surface area contributed by atoms with E-state index in [1.165, 1.54) is 38.5 Å². The van der Waals surface area contributed by atoms with E-state index in [2.05, 4.69) is 5.32 Å². The van der Waals surface area contributed by atoms with Gasteiger partial charge in [-0.3, -0.25) is 0 Å². The molecule has 1 atom stereocenters. The summed E-state index contributed by atoms with van der Waals surface area (Å²) in [6.45, 7) is 3.47. The quantitative estimate of drug-likeness (QED) is 0.776. The van der Waals surface area contributed by atoms with Crippen LogP contribution in [-0.2, 0) is 9.47 Å². The number of nitrogens with one attached hydrogen (secondary N) is 1. The van der Waals surface area contributed by atoms with E-state index >= 15 is 0 Å². The second-order valence-electron chi connectivity index (χ2n) is 5.65. The third kappa shape index (κ3) is 2.01. The lowest BCUT2D eigenvalue weighted by Gasteiger charge is -2.50. The Balaban J connectivity index is 1.58. The molecular formula is C13H23NO2. The molecule has 0 aromatic rings. The Morgan fingerprint density at radius 3 is 2.62 bits per heavy atom. The van der Waals surface area contributed by atoms with E-state index in [-0.39, 0.29) is 5.60 Å². The topological polar surface area (TPSA) is 30.5 Å². The van der Waals surface area contributed by atoms with Gasteiger partial charge in [0.05, 0.1) is 19.8 Å². The molecule has 3 nitrogen and oxygen atoms in total. The van der Waals surface area contributed by atoms with Crippen LogP contribution in [-0.4, -0.2) is 38.0 Å². The van der Waals surface area contributed by atoms with Gasteiger partial charge in [0.25, 0.3) is 0 Å². The molecule has 16 heavy (non-hydrogen) atoms. The summed E-state index contributed by atoms with van der Waals surface area (Å²) < 4.78 is 11.3. The highest BCUT2D eigenvalue weighted by atomic mass is 16.6. The van der Waals surface area contributed by atoms with Crippen LogP contribution < -0.4 is 5.32 Å². The lowest BCUT2D eigenvalue weighted by Crippen LogP contribution is -2.68. The fourth-order valence-electron chi connectivity index (χ4n) is 3.42. The summed E-state index contributed by atoms with van der Waals surface area (Å²) in [5, 5.41) is 3.65. The van der Waals surface area contributed by atoms with Crippen LogP contribution in [0.4, 0.5) is 0 Å². The predicted octanol–water partition coefficient (Wildman–Crippen LogP) is 1.71. The van der Waals surface area contributed by atoms with E-state index in [0.29, 0.717) is 6.04 Å². The summed E-state index contributed by atoms with van der Waals surface area (Å²) in [4.78, 5) is 0. The van der Waals surface area contributed by atoms with E-state index in [0.717, 1.165) is 32.3 Å². The standard InChI is InChI=1S/C13H23NO2/c1-2-4-11(5-3-1)8-12-13(9-15-10-13)16-7-6-14-12/h11-12,14H,1-10H2. The van der Waals surface area contributed by atoms with Gasteiger partial charge in [0.2, 0.25) is 0 Å². The third-order valence-electron chi connectivity index (χ3n) is 4.50. The van der Waals surface area contributed by atoms with Gasteiger partial charge < -0.3 is 14.8 Å². The number of rotatable bonds is 2. The van der Waals surface area contributed by atoms with Crippen LogP contribution in [0.3, 0.4) is 0 Å². The molecule has 1 spiro atoms. The van der Waals surface area contributed by atoms with E-state index < -0.39 is 0 Å². The van der Waals surface area contributed by atoms with Crippen LogP contribution in [0.25, 0.3) is 0 Å². The fourth-order valence-corrected chi connectivity index (χ4v) is 3.42. The second kappa shape index (κ2) is 4.63. The zero-order valence-corrected chi connectivity index (χ0v) is 10.0. The first-order valence-corrected chi connectivity index (χ1v) is 6.84. The lowest BCUT2D eigenvalue weighted by atomic mass is 9.79. The molecule has 3 heteroatoms. The second-order valence-corrected chi connectivity index (χ2v) is 5.65. The van der Waals surface area contributed by atoms with Crippen LogP contribution in [0.1, 0.15) is 38.5 Å². The Kier molecular flexibility index (Phi) is 3.18. The van der Waals surface area contributed by atoms with Crippen molar-refractivity contribution in [3.63, 3.8) is 0 Å². The van der Waals surface area contributed by atoms with Gasteiger partial charge >= 0.3 is 0 Å². The summed E-state index contributed by atoms with van der Waals surface area (Å²) in [6.07, 6.45) is 8.45. The molecule has 1 saturated carbocycles. The van der Waals surface area contributed by atoms with Crippen LogP contribution in [0.2, 0.25) is 0 Å². The van der Waals surface area contributed by atoms with Crippen molar-refractivity contribution in [1.82, 2.24) is 5.32 Å². The molecule has 1 N–H and O–H groups in total. The summed E-state index contributed by atoms with van der Waals surface area (Å²) in [5.41, 5.74) is 0.0374. The van der Waals surface area contributed by atoms with E-state index in [1.807, 2.05) is 0 Å². The van der Waals surface area contributed by atoms with Crippen molar-refractivity contribution < 1.29 is 9.47 Å². The van der Waals surface area contributed by atoms with Crippen LogP contribution in [0.5, 0.6) is 0 Å². The predicted molar refractivity (Wildman–Crippen MR) is 62.5 cm³/mol. The number of ether oxygens (including phenoxy) is 2. The molecule has 1 unspecified atom stereocenters. The molecule has 0 amide bonds. The average molecular weight is 225 g/mol. The zero-order valence-electron chi connectivity index (χ0n) is 10.0. The van der Waals surface area contributed by atoms with Crippen molar-refractivity contribution in [2.24, 2.45) is 5.92 Å².